The minimum Gasteiger partial charge on any atom is -0.433 e. The van der Waals surface area contributed by atoms with Gasteiger partial charge in [0.25, 0.3) is 0 Å². The predicted octanol–water partition coefficient (Wildman–Crippen LogP) is 2.13. The van der Waals surface area contributed by atoms with Crippen molar-refractivity contribution in [1.29, 1.82) is 0 Å². The number of benzene rings is 1. The first-order valence-corrected chi connectivity index (χ1v) is 6.12. The summed E-state index contributed by atoms with van der Waals surface area (Å²) in [7, 11) is 3.77. The van der Waals surface area contributed by atoms with Gasteiger partial charge in [0.05, 0.1) is 4.92 Å². The van der Waals surface area contributed by atoms with Crippen LogP contribution in [0.15, 0.2) is 24.3 Å². The minimum absolute atomic E-state index is 0.0723. The fourth-order valence-electron chi connectivity index (χ4n) is 1.78. The number of rotatable bonds is 4. The molecular weight excluding hydrogens is 274 g/mol. The van der Waals surface area contributed by atoms with Crippen molar-refractivity contribution in [3.05, 3.63) is 40.1 Å². The molecule has 0 aliphatic rings. The topological polar surface area (TPSA) is 107 Å². The monoisotopic (exact) mass is 289 g/mol. The Labute approximate surface area is 121 Å². The van der Waals surface area contributed by atoms with Crippen molar-refractivity contribution in [3.8, 4) is 11.6 Å². The number of aryl methyl sites for hydroxylation is 1. The summed E-state index contributed by atoms with van der Waals surface area (Å²) < 4.78 is 5.52. The van der Waals surface area contributed by atoms with E-state index in [1.54, 1.807) is 18.2 Å². The molecule has 0 aliphatic carbocycles. The molecule has 1 heterocycles. The number of nitrogen functional groups attached to an aromatic ring is 1. The highest BCUT2D eigenvalue weighted by Gasteiger charge is 2.23. The van der Waals surface area contributed by atoms with E-state index in [0.29, 0.717) is 5.75 Å². The highest BCUT2D eigenvalue weighted by Crippen LogP contribution is 2.32. The van der Waals surface area contributed by atoms with Crippen LogP contribution in [-0.4, -0.2) is 29.0 Å². The van der Waals surface area contributed by atoms with Gasteiger partial charge in [-0.15, -0.1) is 0 Å². The normalized spacial score (nSPS) is 10.2. The van der Waals surface area contributed by atoms with Gasteiger partial charge < -0.3 is 15.4 Å². The van der Waals surface area contributed by atoms with E-state index in [0.717, 1.165) is 5.69 Å². The molecule has 8 nitrogen and oxygen atoms in total. The zero-order valence-electron chi connectivity index (χ0n) is 11.9. The third kappa shape index (κ3) is 3.16. The lowest BCUT2D eigenvalue weighted by Gasteiger charge is -2.13. The third-order valence-electron chi connectivity index (χ3n) is 2.77. The summed E-state index contributed by atoms with van der Waals surface area (Å²) in [5.41, 5.74) is 6.29. The SMILES string of the molecule is Cc1nc(N)nc(Oc2cccc(N(C)C)c2)c1[N+](=O)[O-]. The van der Waals surface area contributed by atoms with Crippen LogP contribution in [0.25, 0.3) is 0 Å². The van der Waals surface area contributed by atoms with Gasteiger partial charge in [0.15, 0.2) is 0 Å². The largest absolute Gasteiger partial charge is 0.433 e. The standard InChI is InChI=1S/C13H15N5O3/c1-8-11(18(19)20)12(16-13(14)15-8)21-10-6-4-5-9(7-10)17(2)3/h4-7H,1-3H3,(H2,14,15,16). The molecule has 0 atom stereocenters. The maximum atomic E-state index is 11.1. The van der Waals surface area contributed by atoms with Crippen LogP contribution < -0.4 is 15.4 Å². The Morgan fingerprint density at radius 1 is 1.33 bits per heavy atom. The molecule has 2 aromatic rings. The van der Waals surface area contributed by atoms with Crippen molar-refractivity contribution >= 4 is 17.3 Å². The number of anilines is 2. The lowest BCUT2D eigenvalue weighted by Crippen LogP contribution is -2.08. The molecule has 0 unspecified atom stereocenters. The van der Waals surface area contributed by atoms with Gasteiger partial charge in [-0.1, -0.05) is 6.07 Å². The lowest BCUT2D eigenvalue weighted by molar-refractivity contribution is -0.386. The molecule has 2 N–H and O–H groups in total. The van der Waals surface area contributed by atoms with E-state index in [4.69, 9.17) is 10.5 Å². The van der Waals surface area contributed by atoms with Crippen LogP contribution in [0.2, 0.25) is 0 Å². The first-order valence-electron chi connectivity index (χ1n) is 6.12. The predicted molar refractivity (Wildman–Crippen MR) is 78.7 cm³/mol. The molecule has 0 bridgehead atoms. The molecule has 0 spiro atoms. The molecule has 110 valence electrons. The second kappa shape index (κ2) is 5.61. The second-order valence-corrected chi connectivity index (χ2v) is 4.57. The van der Waals surface area contributed by atoms with Gasteiger partial charge in [-0.3, -0.25) is 10.1 Å². The smallest absolute Gasteiger partial charge is 0.352 e. The molecule has 0 saturated heterocycles. The average Bonchev–Trinajstić information content (AvgIpc) is 2.37. The fraction of sp³-hybridized carbons (Fsp3) is 0.231. The molecule has 1 aromatic heterocycles. The van der Waals surface area contributed by atoms with Crippen molar-refractivity contribution in [3.63, 3.8) is 0 Å². The number of aromatic nitrogens is 2. The molecule has 0 aliphatic heterocycles. The summed E-state index contributed by atoms with van der Waals surface area (Å²) in [5, 5.41) is 11.1. The van der Waals surface area contributed by atoms with Crippen molar-refractivity contribution in [2.75, 3.05) is 24.7 Å². The van der Waals surface area contributed by atoms with Crippen molar-refractivity contribution in [1.82, 2.24) is 9.97 Å². The Kier molecular flexibility index (Phi) is 3.88. The molecule has 8 heteroatoms. The quantitative estimate of drug-likeness (QED) is 0.678. The van der Waals surface area contributed by atoms with E-state index >= 15 is 0 Å². The molecule has 0 amide bonds. The minimum atomic E-state index is -0.583. The zero-order valence-corrected chi connectivity index (χ0v) is 11.9. The van der Waals surface area contributed by atoms with Crippen LogP contribution in [0.3, 0.4) is 0 Å². The van der Waals surface area contributed by atoms with Crippen LogP contribution in [0.4, 0.5) is 17.3 Å². The van der Waals surface area contributed by atoms with Gasteiger partial charge in [-0.2, -0.15) is 4.98 Å². The van der Waals surface area contributed by atoms with E-state index in [1.165, 1.54) is 6.92 Å². The summed E-state index contributed by atoms with van der Waals surface area (Å²) in [5.74, 6) is 0.194. The van der Waals surface area contributed by atoms with E-state index < -0.39 is 4.92 Å². The second-order valence-electron chi connectivity index (χ2n) is 4.57. The Morgan fingerprint density at radius 3 is 2.67 bits per heavy atom. The number of nitro groups is 1. The van der Waals surface area contributed by atoms with Gasteiger partial charge in [-0.05, 0) is 19.1 Å². The highest BCUT2D eigenvalue weighted by molar-refractivity contribution is 5.53. The van der Waals surface area contributed by atoms with E-state index in [1.807, 2.05) is 25.1 Å². The number of nitrogens with zero attached hydrogens (tertiary/aromatic N) is 4. The molecule has 2 rings (SSSR count). The van der Waals surface area contributed by atoms with Crippen molar-refractivity contribution in [2.24, 2.45) is 0 Å². The molecule has 0 saturated carbocycles. The average molecular weight is 289 g/mol. The summed E-state index contributed by atoms with van der Waals surface area (Å²) >= 11 is 0. The zero-order chi connectivity index (χ0) is 15.6. The van der Waals surface area contributed by atoms with Crippen LogP contribution in [0, 0.1) is 17.0 Å². The first kappa shape index (κ1) is 14.5. The van der Waals surface area contributed by atoms with E-state index in [9.17, 15) is 10.1 Å². The Bertz CT molecular complexity index is 688. The Hall–Kier alpha value is -2.90. The van der Waals surface area contributed by atoms with Crippen LogP contribution >= 0.6 is 0 Å². The summed E-state index contributed by atoms with van der Waals surface area (Å²) in [6.07, 6.45) is 0. The van der Waals surface area contributed by atoms with Gasteiger partial charge >= 0.3 is 11.6 Å². The Balaban J connectivity index is 2.44. The molecule has 21 heavy (non-hydrogen) atoms. The van der Waals surface area contributed by atoms with E-state index in [-0.39, 0.29) is 23.2 Å². The van der Waals surface area contributed by atoms with Crippen molar-refractivity contribution < 1.29 is 9.66 Å². The van der Waals surface area contributed by atoms with E-state index in [2.05, 4.69) is 9.97 Å². The van der Waals surface area contributed by atoms with Crippen LogP contribution in [-0.2, 0) is 0 Å². The fourth-order valence-corrected chi connectivity index (χ4v) is 1.78. The number of ether oxygens (including phenoxy) is 1. The molecule has 1 aromatic carbocycles. The lowest BCUT2D eigenvalue weighted by atomic mass is 10.3. The summed E-state index contributed by atoms with van der Waals surface area (Å²) in [6.45, 7) is 1.49. The highest BCUT2D eigenvalue weighted by atomic mass is 16.6. The van der Waals surface area contributed by atoms with Gasteiger partial charge in [0.1, 0.15) is 11.4 Å². The van der Waals surface area contributed by atoms with Gasteiger partial charge in [-0.25, -0.2) is 4.98 Å². The van der Waals surface area contributed by atoms with Crippen LogP contribution in [0.5, 0.6) is 11.6 Å². The maximum absolute atomic E-state index is 11.1. The van der Waals surface area contributed by atoms with Crippen LogP contribution in [0.1, 0.15) is 5.69 Å². The van der Waals surface area contributed by atoms with Gasteiger partial charge in [0, 0.05) is 25.8 Å². The first-order chi connectivity index (χ1) is 9.88. The number of hydrogen-bond donors (Lipinski definition) is 1. The summed E-state index contributed by atoms with van der Waals surface area (Å²) in [6, 6.07) is 7.11. The maximum Gasteiger partial charge on any atom is 0.352 e. The Morgan fingerprint density at radius 2 is 2.05 bits per heavy atom. The third-order valence-corrected chi connectivity index (χ3v) is 2.77. The molecule has 0 radical (unpaired) electrons. The molecule has 0 fully saturated rings. The number of hydrogen-bond acceptors (Lipinski definition) is 7. The van der Waals surface area contributed by atoms with Gasteiger partial charge in [0.2, 0.25) is 5.95 Å². The molecular formula is C13H15N5O3. The summed E-state index contributed by atoms with van der Waals surface area (Å²) in [4.78, 5) is 20.0. The number of nitrogens with two attached hydrogens (primary N) is 1. The van der Waals surface area contributed by atoms with Crippen molar-refractivity contribution in [2.45, 2.75) is 6.92 Å².